The van der Waals surface area contributed by atoms with Crippen LogP contribution in [0.1, 0.15) is 85.5 Å². The van der Waals surface area contributed by atoms with Crippen molar-refractivity contribution >= 4 is 5.97 Å². The van der Waals surface area contributed by atoms with E-state index in [-0.39, 0.29) is 5.97 Å². The first-order chi connectivity index (χ1) is 13.3. The van der Waals surface area contributed by atoms with Gasteiger partial charge in [-0.3, -0.25) is 4.79 Å². The lowest BCUT2D eigenvalue weighted by Crippen LogP contribution is -2.47. The highest BCUT2D eigenvalue weighted by molar-refractivity contribution is 5.69. The molecule has 4 aliphatic rings. The minimum Gasteiger partial charge on any atom is -0.469 e. The zero-order valence-electron chi connectivity index (χ0n) is 18.7. The Morgan fingerprint density at radius 1 is 1.21 bits per heavy atom. The molecule has 2 saturated carbocycles. The van der Waals surface area contributed by atoms with Gasteiger partial charge >= 0.3 is 5.97 Å². The highest BCUT2D eigenvalue weighted by Crippen LogP contribution is 2.65. The van der Waals surface area contributed by atoms with Crippen LogP contribution in [-0.2, 0) is 9.53 Å². The molecule has 0 bridgehead atoms. The molecule has 2 unspecified atom stereocenters. The van der Waals surface area contributed by atoms with Gasteiger partial charge in [0.05, 0.1) is 7.11 Å². The van der Waals surface area contributed by atoms with Crippen molar-refractivity contribution in [3.05, 3.63) is 23.3 Å². The van der Waals surface area contributed by atoms with Gasteiger partial charge in [-0.25, -0.2) is 0 Å². The average molecular weight is 385 g/mol. The monoisotopic (exact) mass is 384 g/mol. The van der Waals surface area contributed by atoms with Gasteiger partial charge in [0.25, 0.3) is 0 Å². The smallest absolute Gasteiger partial charge is 0.305 e. The third kappa shape index (κ3) is 3.10. The number of carbonyl (C=O) groups is 1. The third-order valence-corrected chi connectivity index (χ3v) is 9.47. The fourth-order valence-corrected chi connectivity index (χ4v) is 7.71. The van der Waals surface area contributed by atoms with Crippen LogP contribution in [0.2, 0.25) is 0 Å². The second kappa shape index (κ2) is 7.33. The molecule has 2 heteroatoms. The lowest BCUT2D eigenvalue weighted by atomic mass is 9.48. The second-order valence-electron chi connectivity index (χ2n) is 11.0. The standard InChI is InChI=1S/C26H40O2/c1-17-12-14-25(3)19(16-17)7-8-20-22-10-9-21(18(2)6-11-24(27)28-5)26(22,4)15-13-23(20)25/h9,13,17-20,22H,6-8,10-12,14-16H2,1-5H3/t17-,18-,19-,20?,22?,25+,26-/m1/s1. The van der Waals surface area contributed by atoms with Crippen molar-refractivity contribution in [2.24, 2.45) is 40.4 Å². The maximum absolute atomic E-state index is 11.6. The number of methoxy groups -OCH3 is 1. The Balaban J connectivity index is 1.54. The minimum absolute atomic E-state index is 0.0734. The summed E-state index contributed by atoms with van der Waals surface area (Å²) in [6, 6.07) is 0. The van der Waals surface area contributed by atoms with E-state index in [9.17, 15) is 4.79 Å². The van der Waals surface area contributed by atoms with E-state index in [2.05, 4.69) is 39.8 Å². The molecule has 0 amide bonds. The number of fused-ring (bicyclic) bond motifs is 5. The summed E-state index contributed by atoms with van der Waals surface area (Å²) in [5.41, 5.74) is 4.24. The SMILES string of the molecule is COC(=O)CC[C@@H](C)C1=CCC2C3CC[C@@H]4C[C@H](C)CC[C@]4(C)C3=CC[C@]12C. The van der Waals surface area contributed by atoms with Crippen LogP contribution in [0.4, 0.5) is 0 Å². The van der Waals surface area contributed by atoms with E-state index in [1.807, 2.05) is 5.57 Å². The Hall–Kier alpha value is -1.05. The van der Waals surface area contributed by atoms with Crippen LogP contribution >= 0.6 is 0 Å². The van der Waals surface area contributed by atoms with Crippen molar-refractivity contribution in [1.29, 1.82) is 0 Å². The first kappa shape index (κ1) is 20.2. The molecule has 0 aliphatic heterocycles. The maximum Gasteiger partial charge on any atom is 0.305 e. The van der Waals surface area contributed by atoms with E-state index in [1.165, 1.54) is 52.1 Å². The fraction of sp³-hybridized carbons (Fsp3) is 0.808. The van der Waals surface area contributed by atoms with Gasteiger partial charge in [-0.2, -0.15) is 0 Å². The topological polar surface area (TPSA) is 26.3 Å². The molecule has 2 fully saturated rings. The van der Waals surface area contributed by atoms with Crippen LogP contribution in [0, 0.1) is 40.4 Å². The lowest BCUT2D eigenvalue weighted by Gasteiger charge is -2.57. The number of ether oxygens (including phenoxy) is 1. The Kier molecular flexibility index (Phi) is 5.30. The molecule has 0 aromatic carbocycles. The number of rotatable bonds is 4. The highest BCUT2D eigenvalue weighted by Gasteiger charge is 2.55. The second-order valence-corrected chi connectivity index (χ2v) is 11.0. The van der Waals surface area contributed by atoms with Crippen LogP contribution in [0.3, 0.4) is 0 Å². The zero-order valence-corrected chi connectivity index (χ0v) is 18.7. The normalized spacial score (nSPS) is 43.2. The van der Waals surface area contributed by atoms with E-state index in [1.54, 1.807) is 5.57 Å². The van der Waals surface area contributed by atoms with E-state index in [4.69, 9.17) is 4.74 Å². The predicted molar refractivity (Wildman–Crippen MR) is 115 cm³/mol. The summed E-state index contributed by atoms with van der Waals surface area (Å²) in [6.45, 7) is 9.91. The minimum atomic E-state index is -0.0734. The molecule has 156 valence electrons. The number of hydrogen-bond acceptors (Lipinski definition) is 2. The molecule has 0 saturated heterocycles. The number of hydrogen-bond donors (Lipinski definition) is 0. The van der Waals surface area contributed by atoms with Crippen LogP contribution in [0.25, 0.3) is 0 Å². The molecule has 0 radical (unpaired) electrons. The predicted octanol–water partition coefficient (Wildman–Crippen LogP) is 6.71. The highest BCUT2D eigenvalue weighted by atomic mass is 16.5. The number of carbonyl (C=O) groups excluding carboxylic acids is 1. The third-order valence-electron chi connectivity index (χ3n) is 9.47. The van der Waals surface area contributed by atoms with Crippen LogP contribution in [0.15, 0.2) is 23.3 Å². The molecule has 28 heavy (non-hydrogen) atoms. The molecule has 0 heterocycles. The summed E-state index contributed by atoms with van der Waals surface area (Å²) < 4.78 is 4.87. The number of allylic oxidation sites excluding steroid dienone is 4. The zero-order chi connectivity index (χ0) is 20.1. The van der Waals surface area contributed by atoms with Crippen molar-refractivity contribution in [3.8, 4) is 0 Å². The molecular weight excluding hydrogens is 344 g/mol. The molecule has 4 rings (SSSR count). The fourth-order valence-electron chi connectivity index (χ4n) is 7.71. The van der Waals surface area contributed by atoms with E-state index in [0.29, 0.717) is 23.2 Å². The van der Waals surface area contributed by atoms with Gasteiger partial charge in [-0.15, -0.1) is 0 Å². The molecule has 7 atom stereocenters. The first-order valence-corrected chi connectivity index (χ1v) is 11.8. The summed E-state index contributed by atoms with van der Waals surface area (Å²) >= 11 is 0. The largest absolute Gasteiger partial charge is 0.469 e. The summed E-state index contributed by atoms with van der Waals surface area (Å²) in [7, 11) is 1.50. The van der Waals surface area contributed by atoms with Crippen molar-refractivity contribution in [2.75, 3.05) is 7.11 Å². The van der Waals surface area contributed by atoms with Crippen LogP contribution in [0.5, 0.6) is 0 Å². The Labute approximate surface area is 172 Å². The Bertz CT molecular complexity index is 689. The molecule has 2 nitrogen and oxygen atoms in total. The quantitative estimate of drug-likeness (QED) is 0.398. The molecule has 0 aromatic rings. The van der Waals surface area contributed by atoms with E-state index < -0.39 is 0 Å². The molecule has 0 N–H and O–H groups in total. The number of esters is 1. The van der Waals surface area contributed by atoms with Crippen molar-refractivity contribution in [1.82, 2.24) is 0 Å². The summed E-state index contributed by atoms with van der Waals surface area (Å²) in [5.74, 6) is 3.80. The van der Waals surface area contributed by atoms with Gasteiger partial charge in [0, 0.05) is 6.42 Å². The summed E-state index contributed by atoms with van der Waals surface area (Å²) in [5, 5.41) is 0. The van der Waals surface area contributed by atoms with Crippen LogP contribution in [-0.4, -0.2) is 13.1 Å². The van der Waals surface area contributed by atoms with Gasteiger partial charge in [0.15, 0.2) is 0 Å². The van der Waals surface area contributed by atoms with Gasteiger partial charge in [0.1, 0.15) is 0 Å². The van der Waals surface area contributed by atoms with Crippen molar-refractivity contribution < 1.29 is 9.53 Å². The van der Waals surface area contributed by atoms with E-state index in [0.717, 1.165) is 30.1 Å². The average Bonchev–Trinajstić information content (AvgIpc) is 3.03. The maximum atomic E-state index is 11.6. The summed E-state index contributed by atoms with van der Waals surface area (Å²) in [4.78, 5) is 11.6. The molecule has 4 aliphatic carbocycles. The Morgan fingerprint density at radius 2 is 2.00 bits per heavy atom. The van der Waals surface area contributed by atoms with Gasteiger partial charge in [0.2, 0.25) is 0 Å². The van der Waals surface area contributed by atoms with Gasteiger partial charge in [-0.05, 0) is 91.8 Å². The van der Waals surface area contributed by atoms with Crippen molar-refractivity contribution in [3.63, 3.8) is 0 Å². The molecule has 0 spiro atoms. The van der Waals surface area contributed by atoms with E-state index >= 15 is 0 Å². The van der Waals surface area contributed by atoms with Gasteiger partial charge in [-0.1, -0.05) is 51.0 Å². The van der Waals surface area contributed by atoms with Gasteiger partial charge < -0.3 is 4.74 Å². The first-order valence-electron chi connectivity index (χ1n) is 11.8. The Morgan fingerprint density at radius 3 is 2.75 bits per heavy atom. The lowest BCUT2D eigenvalue weighted by molar-refractivity contribution is -0.140. The molecule has 0 aromatic heterocycles. The van der Waals surface area contributed by atoms with Crippen molar-refractivity contribution in [2.45, 2.75) is 85.5 Å². The molecular formula is C26H40O2. The summed E-state index contributed by atoms with van der Waals surface area (Å²) in [6.07, 6.45) is 16.2. The van der Waals surface area contributed by atoms with Crippen LogP contribution < -0.4 is 0 Å².